The summed E-state index contributed by atoms with van der Waals surface area (Å²) in [7, 11) is 0. The molecule has 1 saturated heterocycles. The van der Waals surface area contributed by atoms with E-state index in [2.05, 4.69) is 26.0 Å². The molecule has 7 nitrogen and oxygen atoms in total. The molecule has 7 heteroatoms. The summed E-state index contributed by atoms with van der Waals surface area (Å²) in [6.45, 7) is 4.46. The van der Waals surface area contributed by atoms with Crippen molar-refractivity contribution >= 4 is 5.91 Å². The van der Waals surface area contributed by atoms with E-state index in [4.69, 9.17) is 4.74 Å². The number of carbonyl (C=O) groups is 1. The van der Waals surface area contributed by atoms with Crippen LogP contribution in [0.25, 0.3) is 0 Å². The molecule has 1 aliphatic rings. The first-order chi connectivity index (χ1) is 23.0. The number of unbranched alkanes of at least 4 members (excludes halogenated alkanes) is 24. The molecule has 0 saturated carbocycles. The SMILES string of the molecule is CCCCCCCC/C=C\CCCCCCCC(=O)N(CCCCCCCCCCCCCCCC)C1O[C@H](CO)[C@@H](O)[C@H](O)[C@H]1O. The van der Waals surface area contributed by atoms with Crippen LogP contribution < -0.4 is 0 Å². The zero-order chi connectivity index (χ0) is 34.4. The van der Waals surface area contributed by atoms with Crippen LogP contribution in [0.2, 0.25) is 0 Å². The van der Waals surface area contributed by atoms with Crippen molar-refractivity contribution in [2.45, 2.75) is 224 Å². The van der Waals surface area contributed by atoms with Crippen LogP contribution >= 0.6 is 0 Å². The lowest BCUT2D eigenvalue weighted by Gasteiger charge is -2.44. The van der Waals surface area contributed by atoms with Gasteiger partial charge in [-0.2, -0.15) is 0 Å². The summed E-state index contributed by atoms with van der Waals surface area (Å²) in [5.74, 6) is -0.0957. The van der Waals surface area contributed by atoms with E-state index in [1.165, 1.54) is 122 Å². The summed E-state index contributed by atoms with van der Waals surface area (Å²) in [6, 6.07) is 0. The average molecular weight is 668 g/mol. The lowest BCUT2D eigenvalue weighted by molar-refractivity contribution is -0.262. The topological polar surface area (TPSA) is 110 Å². The zero-order valence-corrected chi connectivity index (χ0v) is 30.8. The molecule has 1 unspecified atom stereocenters. The third-order valence-electron chi connectivity index (χ3n) is 9.90. The van der Waals surface area contributed by atoms with E-state index in [1.54, 1.807) is 4.90 Å². The maximum atomic E-state index is 13.4. The summed E-state index contributed by atoms with van der Waals surface area (Å²) in [4.78, 5) is 14.9. The number of aliphatic hydroxyl groups excluding tert-OH is 4. The Balaban J connectivity index is 2.33. The summed E-state index contributed by atoms with van der Waals surface area (Å²) in [6.07, 6.45) is 31.7. The van der Waals surface area contributed by atoms with E-state index in [9.17, 15) is 25.2 Å². The summed E-state index contributed by atoms with van der Waals surface area (Å²) in [5, 5.41) is 41.1. The quantitative estimate of drug-likeness (QED) is 0.0421. The van der Waals surface area contributed by atoms with E-state index < -0.39 is 37.3 Å². The molecule has 1 rings (SSSR count). The second-order valence-electron chi connectivity index (χ2n) is 14.2. The number of hydrogen-bond acceptors (Lipinski definition) is 6. The van der Waals surface area contributed by atoms with Crippen LogP contribution in [-0.4, -0.2) is 75.0 Å². The number of hydrogen-bond donors (Lipinski definition) is 4. The molecule has 1 amide bonds. The monoisotopic (exact) mass is 668 g/mol. The Labute approximate surface area is 289 Å². The van der Waals surface area contributed by atoms with Crippen LogP contribution in [0.1, 0.15) is 194 Å². The number of ether oxygens (including phenoxy) is 1. The minimum absolute atomic E-state index is 0.0957. The molecule has 0 spiro atoms. The van der Waals surface area contributed by atoms with Crippen molar-refractivity contribution in [1.29, 1.82) is 0 Å². The standard InChI is InChI=1S/C40H77NO6/c1-3-5-7-9-11-13-15-17-19-20-22-24-26-28-30-32-36(43)41(40-39(46)38(45)37(44)35(34-42)47-40)33-31-29-27-25-23-21-18-16-14-12-10-8-6-4-2/h17,19,35,37-40,42,44-46H,3-16,18,20-34H2,1-2H3/b19-17-/t35-,37-,38+,39-,40?/m1/s1. The van der Waals surface area contributed by atoms with E-state index in [1.807, 2.05) is 0 Å². The molecule has 0 aromatic carbocycles. The molecule has 1 heterocycles. The van der Waals surface area contributed by atoms with Crippen molar-refractivity contribution < 1.29 is 30.0 Å². The van der Waals surface area contributed by atoms with Gasteiger partial charge in [0.2, 0.25) is 5.91 Å². The molecule has 1 fully saturated rings. The predicted octanol–water partition coefficient (Wildman–Crippen LogP) is 9.13. The molecular formula is C40H77NO6. The van der Waals surface area contributed by atoms with Crippen molar-refractivity contribution in [1.82, 2.24) is 4.90 Å². The molecule has 278 valence electrons. The Morgan fingerprint density at radius 1 is 0.553 bits per heavy atom. The largest absolute Gasteiger partial charge is 0.394 e. The van der Waals surface area contributed by atoms with Crippen LogP contribution in [0.5, 0.6) is 0 Å². The summed E-state index contributed by atoms with van der Waals surface area (Å²) < 4.78 is 5.80. The Morgan fingerprint density at radius 3 is 1.40 bits per heavy atom. The highest BCUT2D eigenvalue weighted by atomic mass is 16.6. The first kappa shape index (κ1) is 44.0. The van der Waals surface area contributed by atoms with Gasteiger partial charge in [0.1, 0.15) is 24.4 Å². The van der Waals surface area contributed by atoms with Gasteiger partial charge in [-0.05, 0) is 38.5 Å². The molecule has 1 aliphatic heterocycles. The van der Waals surface area contributed by atoms with Gasteiger partial charge >= 0.3 is 0 Å². The average Bonchev–Trinajstić information content (AvgIpc) is 3.07. The highest BCUT2D eigenvalue weighted by Crippen LogP contribution is 2.25. The van der Waals surface area contributed by atoms with Gasteiger partial charge in [0, 0.05) is 13.0 Å². The summed E-state index contributed by atoms with van der Waals surface area (Å²) >= 11 is 0. The number of allylic oxidation sites excluding steroid dienone is 2. The molecule has 0 aliphatic carbocycles. The predicted molar refractivity (Wildman–Crippen MR) is 195 cm³/mol. The second kappa shape index (κ2) is 31.0. The van der Waals surface area contributed by atoms with E-state index in [0.717, 1.165) is 51.4 Å². The molecule has 0 bridgehead atoms. The number of amides is 1. The molecular weight excluding hydrogens is 590 g/mol. The van der Waals surface area contributed by atoms with Crippen LogP contribution in [0.15, 0.2) is 12.2 Å². The molecule has 4 N–H and O–H groups in total. The molecule has 5 atom stereocenters. The van der Waals surface area contributed by atoms with Crippen molar-refractivity contribution in [3.05, 3.63) is 12.2 Å². The van der Waals surface area contributed by atoms with Crippen molar-refractivity contribution in [3.8, 4) is 0 Å². The highest BCUT2D eigenvalue weighted by molar-refractivity contribution is 5.76. The second-order valence-corrected chi connectivity index (χ2v) is 14.2. The van der Waals surface area contributed by atoms with Crippen LogP contribution in [0, 0.1) is 0 Å². The van der Waals surface area contributed by atoms with Gasteiger partial charge in [-0.3, -0.25) is 4.79 Å². The fraction of sp³-hybridized carbons (Fsp3) is 0.925. The van der Waals surface area contributed by atoms with Gasteiger partial charge in [0.25, 0.3) is 0 Å². The summed E-state index contributed by atoms with van der Waals surface area (Å²) in [5.41, 5.74) is 0. The van der Waals surface area contributed by atoms with E-state index >= 15 is 0 Å². The molecule has 0 radical (unpaired) electrons. The lowest BCUT2D eigenvalue weighted by atomic mass is 9.97. The minimum Gasteiger partial charge on any atom is -0.394 e. The van der Waals surface area contributed by atoms with Crippen LogP contribution in [0.3, 0.4) is 0 Å². The van der Waals surface area contributed by atoms with Crippen molar-refractivity contribution in [2.75, 3.05) is 13.2 Å². The van der Waals surface area contributed by atoms with Crippen LogP contribution in [0.4, 0.5) is 0 Å². The number of carbonyl (C=O) groups excluding carboxylic acids is 1. The first-order valence-electron chi connectivity index (χ1n) is 20.2. The zero-order valence-electron chi connectivity index (χ0n) is 30.8. The third kappa shape index (κ3) is 21.7. The van der Waals surface area contributed by atoms with Gasteiger partial charge in [0.05, 0.1) is 6.61 Å². The van der Waals surface area contributed by atoms with Gasteiger partial charge < -0.3 is 30.1 Å². The van der Waals surface area contributed by atoms with E-state index in [-0.39, 0.29) is 5.91 Å². The maximum Gasteiger partial charge on any atom is 0.224 e. The Bertz CT molecular complexity index is 732. The fourth-order valence-electron chi connectivity index (χ4n) is 6.70. The first-order valence-corrected chi connectivity index (χ1v) is 20.2. The van der Waals surface area contributed by atoms with Crippen LogP contribution in [-0.2, 0) is 9.53 Å². The van der Waals surface area contributed by atoms with Crippen molar-refractivity contribution in [2.24, 2.45) is 0 Å². The minimum atomic E-state index is -1.47. The third-order valence-corrected chi connectivity index (χ3v) is 9.90. The number of nitrogens with zero attached hydrogens (tertiary/aromatic N) is 1. The normalized spacial score (nSPS) is 21.5. The Kier molecular flexibility index (Phi) is 29.1. The lowest BCUT2D eigenvalue weighted by Crippen LogP contribution is -2.64. The Hall–Kier alpha value is -0.990. The van der Waals surface area contributed by atoms with Gasteiger partial charge in [0.15, 0.2) is 6.23 Å². The smallest absolute Gasteiger partial charge is 0.224 e. The molecule has 47 heavy (non-hydrogen) atoms. The maximum absolute atomic E-state index is 13.4. The highest BCUT2D eigenvalue weighted by Gasteiger charge is 2.46. The van der Waals surface area contributed by atoms with Gasteiger partial charge in [-0.15, -0.1) is 0 Å². The molecule has 0 aromatic heterocycles. The Morgan fingerprint density at radius 2 is 0.957 bits per heavy atom. The number of aliphatic hydroxyl groups is 4. The van der Waals surface area contributed by atoms with Crippen molar-refractivity contribution in [3.63, 3.8) is 0 Å². The van der Waals surface area contributed by atoms with Gasteiger partial charge in [-0.1, -0.05) is 161 Å². The van der Waals surface area contributed by atoms with Gasteiger partial charge in [-0.25, -0.2) is 0 Å². The fourth-order valence-corrected chi connectivity index (χ4v) is 6.70. The van der Waals surface area contributed by atoms with E-state index in [0.29, 0.717) is 13.0 Å². The number of rotatable bonds is 32. The molecule has 0 aromatic rings.